The number of hydrogen-bond donors (Lipinski definition) is 3. The fourth-order valence-corrected chi connectivity index (χ4v) is 4.16. The Hall–Kier alpha value is -3.51. The summed E-state index contributed by atoms with van der Waals surface area (Å²) in [5, 5.41) is 13.1. The summed E-state index contributed by atoms with van der Waals surface area (Å²) in [4.78, 5) is 20.6. The van der Waals surface area contributed by atoms with Crippen molar-refractivity contribution in [1.82, 2.24) is 20.2 Å². The largest absolute Gasteiger partial charge is 0.502 e. The molecule has 1 fully saturated rings. The zero-order valence-corrected chi connectivity index (χ0v) is 20.2. The van der Waals surface area contributed by atoms with Gasteiger partial charge in [-0.2, -0.15) is 0 Å². The first-order valence-corrected chi connectivity index (χ1v) is 12.2. The van der Waals surface area contributed by atoms with Crippen LogP contribution < -0.4 is 10.9 Å². The molecule has 1 aliphatic rings. The number of aromatic hydroxyl groups is 1. The number of hydrogen-bond acceptors (Lipinski definition) is 6. The maximum Gasteiger partial charge on any atom is 0.293 e. The molecule has 1 saturated heterocycles. The van der Waals surface area contributed by atoms with E-state index in [-0.39, 0.29) is 18.2 Å². The van der Waals surface area contributed by atoms with Crippen molar-refractivity contribution in [2.24, 2.45) is 0 Å². The van der Waals surface area contributed by atoms with Crippen LogP contribution in [0.1, 0.15) is 33.9 Å². The maximum atomic E-state index is 12.6. The van der Waals surface area contributed by atoms with Gasteiger partial charge in [-0.15, -0.1) is 0 Å². The zero-order chi connectivity index (χ0) is 25.2. The second-order valence-corrected chi connectivity index (χ2v) is 8.78. The molecule has 1 atom stereocenters. The summed E-state index contributed by atoms with van der Waals surface area (Å²) in [5.41, 5.74) is 3.82. The van der Waals surface area contributed by atoms with E-state index in [2.05, 4.69) is 44.2 Å². The van der Waals surface area contributed by atoms with Crippen molar-refractivity contribution in [1.29, 1.82) is 0 Å². The van der Waals surface area contributed by atoms with Crippen LogP contribution in [0.5, 0.6) is 5.75 Å². The van der Waals surface area contributed by atoms with Crippen LogP contribution in [-0.4, -0.2) is 66.0 Å². The highest BCUT2D eigenvalue weighted by molar-refractivity contribution is 5.44. The Morgan fingerprint density at radius 1 is 1.08 bits per heavy atom. The lowest BCUT2D eigenvalue weighted by Crippen LogP contribution is -2.35. The molecule has 1 aromatic heterocycles. The molecule has 1 aliphatic heterocycles. The standard InChI is InChI=1S/C28H31FN4O3/c29-11-12-30-18-25(17-26-27(34)28(35)32-20-31-26)24-9-7-22(8-10-24)2-1-21-3-5-23(6-4-21)19-33-13-15-36-16-14-33/h3-10,20,25,30,34H,11-19H2,(H,31,32,35)/t25-/m1/s1. The van der Waals surface area contributed by atoms with Crippen LogP contribution in [0.2, 0.25) is 0 Å². The molecular weight excluding hydrogens is 459 g/mol. The SMILES string of the molecule is O=c1[nH]cnc(C[C@H](CNCCF)c2ccc(C#Cc3ccc(CN4CCOCC4)cc3)cc2)c1O. The van der Waals surface area contributed by atoms with Gasteiger partial charge in [0.05, 0.1) is 25.2 Å². The fourth-order valence-electron chi connectivity index (χ4n) is 4.16. The van der Waals surface area contributed by atoms with Gasteiger partial charge in [0.25, 0.3) is 5.56 Å². The lowest BCUT2D eigenvalue weighted by atomic mass is 9.93. The first-order chi connectivity index (χ1) is 17.6. The molecule has 0 bridgehead atoms. The van der Waals surface area contributed by atoms with Crippen molar-refractivity contribution in [2.45, 2.75) is 18.9 Å². The van der Waals surface area contributed by atoms with Crippen LogP contribution in [-0.2, 0) is 17.7 Å². The van der Waals surface area contributed by atoms with Crippen LogP contribution >= 0.6 is 0 Å². The summed E-state index contributed by atoms with van der Waals surface area (Å²) in [6.07, 6.45) is 1.62. The minimum absolute atomic E-state index is 0.0993. The van der Waals surface area contributed by atoms with Crippen molar-refractivity contribution in [3.8, 4) is 17.6 Å². The van der Waals surface area contributed by atoms with Crippen molar-refractivity contribution >= 4 is 0 Å². The number of nitrogens with one attached hydrogen (secondary N) is 2. The van der Waals surface area contributed by atoms with Crippen LogP contribution in [0.15, 0.2) is 59.7 Å². The number of aromatic amines is 1. The molecule has 0 unspecified atom stereocenters. The van der Waals surface area contributed by atoms with Gasteiger partial charge in [0.2, 0.25) is 5.75 Å². The average molecular weight is 491 g/mol. The molecule has 4 rings (SSSR count). The monoisotopic (exact) mass is 490 g/mol. The number of rotatable bonds is 9. The molecular formula is C28H31FN4O3. The van der Waals surface area contributed by atoms with E-state index in [1.165, 1.54) is 11.9 Å². The molecule has 0 spiro atoms. The number of nitrogens with zero attached hydrogens (tertiary/aromatic N) is 2. The second-order valence-electron chi connectivity index (χ2n) is 8.78. The summed E-state index contributed by atoms with van der Waals surface area (Å²) in [5.74, 6) is 5.94. The lowest BCUT2D eigenvalue weighted by molar-refractivity contribution is 0.0342. The molecule has 0 aliphatic carbocycles. The third-order valence-electron chi connectivity index (χ3n) is 6.20. The number of benzene rings is 2. The van der Waals surface area contributed by atoms with Crippen LogP contribution in [0, 0.1) is 11.8 Å². The first-order valence-electron chi connectivity index (χ1n) is 12.2. The number of alkyl halides is 1. The molecule has 8 heteroatoms. The van der Waals surface area contributed by atoms with Crippen LogP contribution in [0.25, 0.3) is 0 Å². The van der Waals surface area contributed by atoms with Gasteiger partial charge in [-0.3, -0.25) is 9.69 Å². The summed E-state index contributed by atoms with van der Waals surface area (Å²) in [6, 6.07) is 16.2. The molecule has 36 heavy (non-hydrogen) atoms. The van der Waals surface area contributed by atoms with Gasteiger partial charge in [-0.05, 0) is 35.4 Å². The van der Waals surface area contributed by atoms with E-state index < -0.39 is 12.2 Å². The van der Waals surface area contributed by atoms with Crippen molar-refractivity contribution < 1.29 is 14.2 Å². The van der Waals surface area contributed by atoms with E-state index in [0.29, 0.717) is 18.7 Å². The minimum Gasteiger partial charge on any atom is -0.502 e. The number of aromatic nitrogens is 2. The molecule has 0 saturated carbocycles. The minimum atomic E-state index is -0.574. The normalized spacial score (nSPS) is 14.7. The van der Waals surface area contributed by atoms with E-state index in [1.54, 1.807) is 0 Å². The molecule has 0 amide bonds. The van der Waals surface area contributed by atoms with E-state index in [4.69, 9.17) is 4.74 Å². The smallest absolute Gasteiger partial charge is 0.293 e. The Labute approximate surface area is 210 Å². The van der Waals surface area contributed by atoms with Gasteiger partial charge in [-0.1, -0.05) is 36.1 Å². The van der Waals surface area contributed by atoms with E-state index in [1.807, 2.05) is 36.4 Å². The van der Waals surface area contributed by atoms with Gasteiger partial charge >= 0.3 is 0 Å². The Balaban J connectivity index is 1.42. The Kier molecular flexibility index (Phi) is 9.22. The molecule has 3 aromatic rings. The summed E-state index contributed by atoms with van der Waals surface area (Å²) < 4.78 is 18.0. The van der Waals surface area contributed by atoms with Crippen molar-refractivity contribution in [3.05, 3.63) is 93.2 Å². The Morgan fingerprint density at radius 2 is 1.75 bits per heavy atom. The van der Waals surface area contributed by atoms with Gasteiger partial charge < -0.3 is 20.1 Å². The molecule has 2 aromatic carbocycles. The fraction of sp³-hybridized carbons (Fsp3) is 0.357. The molecule has 188 valence electrons. The first kappa shape index (κ1) is 25.6. The Bertz CT molecular complexity index is 1230. The highest BCUT2D eigenvalue weighted by Crippen LogP contribution is 2.23. The summed E-state index contributed by atoms with van der Waals surface area (Å²) in [7, 11) is 0. The quantitative estimate of drug-likeness (QED) is 0.316. The predicted molar refractivity (Wildman–Crippen MR) is 137 cm³/mol. The van der Waals surface area contributed by atoms with E-state index >= 15 is 0 Å². The third kappa shape index (κ3) is 7.25. The summed E-state index contributed by atoms with van der Waals surface area (Å²) in [6.45, 7) is 4.69. The van der Waals surface area contributed by atoms with Crippen molar-refractivity contribution in [3.63, 3.8) is 0 Å². The number of morpholine rings is 1. The second kappa shape index (κ2) is 13.0. The summed E-state index contributed by atoms with van der Waals surface area (Å²) >= 11 is 0. The number of ether oxygens (including phenoxy) is 1. The van der Waals surface area contributed by atoms with Crippen LogP contribution in [0.4, 0.5) is 4.39 Å². The maximum absolute atomic E-state index is 12.6. The topological polar surface area (TPSA) is 90.5 Å². The van der Waals surface area contributed by atoms with E-state index in [9.17, 15) is 14.3 Å². The Morgan fingerprint density at radius 3 is 2.42 bits per heavy atom. The predicted octanol–water partition coefficient (Wildman–Crippen LogP) is 2.59. The highest BCUT2D eigenvalue weighted by atomic mass is 19.1. The third-order valence-corrected chi connectivity index (χ3v) is 6.20. The van der Waals surface area contributed by atoms with Gasteiger partial charge in [-0.25, -0.2) is 9.37 Å². The molecule has 7 nitrogen and oxygen atoms in total. The number of halogens is 1. The van der Waals surface area contributed by atoms with Gasteiger partial charge in [0.1, 0.15) is 6.67 Å². The van der Waals surface area contributed by atoms with Crippen molar-refractivity contribution in [2.75, 3.05) is 46.1 Å². The van der Waals surface area contributed by atoms with Gasteiger partial charge in [0, 0.05) is 56.2 Å². The van der Waals surface area contributed by atoms with Crippen LogP contribution in [0.3, 0.4) is 0 Å². The zero-order valence-electron chi connectivity index (χ0n) is 20.2. The molecule has 3 N–H and O–H groups in total. The molecule has 2 heterocycles. The van der Waals surface area contributed by atoms with Gasteiger partial charge in [0.15, 0.2) is 0 Å². The van der Waals surface area contributed by atoms with E-state index in [0.717, 1.165) is 49.5 Å². The number of H-pyrrole nitrogens is 1. The lowest BCUT2D eigenvalue weighted by Gasteiger charge is -2.26. The average Bonchev–Trinajstić information content (AvgIpc) is 2.91. The highest BCUT2D eigenvalue weighted by Gasteiger charge is 2.17. The molecule has 0 radical (unpaired) electrons.